The second-order valence-corrected chi connectivity index (χ2v) is 6.34. The van der Waals surface area contributed by atoms with Crippen molar-refractivity contribution in [3.8, 4) is 0 Å². The Bertz CT molecular complexity index is 649. The Morgan fingerprint density at radius 2 is 2.48 bits per heavy atom. The fourth-order valence-electron chi connectivity index (χ4n) is 2.84. The number of nitrogens with one attached hydrogen (secondary N) is 1. The molecule has 0 unspecified atom stereocenters. The highest BCUT2D eigenvalue weighted by atomic mass is 32.1. The molecule has 1 saturated heterocycles. The minimum absolute atomic E-state index is 0.0195. The molecule has 5 nitrogen and oxygen atoms in total. The lowest BCUT2D eigenvalue weighted by Gasteiger charge is -2.17. The molecular formula is C15H19N3O2S. The topological polar surface area (TPSA) is 65.5 Å². The van der Waals surface area contributed by atoms with E-state index in [0.29, 0.717) is 12.5 Å². The molecule has 1 aliphatic rings. The molecule has 1 fully saturated rings. The first kappa shape index (κ1) is 14.4. The van der Waals surface area contributed by atoms with Gasteiger partial charge in [-0.15, -0.1) is 11.3 Å². The van der Waals surface area contributed by atoms with Crippen LogP contribution in [0.1, 0.15) is 27.6 Å². The molecule has 3 rings (SSSR count). The van der Waals surface area contributed by atoms with Gasteiger partial charge in [0, 0.05) is 31.7 Å². The maximum atomic E-state index is 12.7. The van der Waals surface area contributed by atoms with Crippen LogP contribution in [0.25, 0.3) is 10.2 Å². The van der Waals surface area contributed by atoms with Crippen molar-refractivity contribution in [3.05, 3.63) is 28.8 Å². The molecule has 6 heteroatoms. The zero-order chi connectivity index (χ0) is 14.8. The van der Waals surface area contributed by atoms with Gasteiger partial charge in [0.15, 0.2) is 0 Å². The van der Waals surface area contributed by atoms with E-state index in [9.17, 15) is 4.79 Å². The number of hydrogen-bond acceptors (Lipinski definition) is 5. The summed E-state index contributed by atoms with van der Waals surface area (Å²) in [5, 5.41) is 13.5. The van der Waals surface area contributed by atoms with Crippen molar-refractivity contribution in [1.29, 1.82) is 0 Å². The molecule has 2 aromatic heterocycles. The molecule has 0 aliphatic carbocycles. The monoisotopic (exact) mass is 305 g/mol. The van der Waals surface area contributed by atoms with E-state index < -0.39 is 0 Å². The minimum atomic E-state index is -0.0221. The molecule has 3 heterocycles. The second kappa shape index (κ2) is 6.09. The molecule has 1 aliphatic heterocycles. The summed E-state index contributed by atoms with van der Waals surface area (Å²) in [6.07, 6.45) is 2.81. The standard InChI is InChI=1S/C15H19N3O2S/c1-18(7-8-19)15(20)13-12(10-4-6-16-9-10)11-3-2-5-17-14(11)21-13/h2-3,5,10,16,19H,4,6-9H2,1H3/t10-/m1/s1. The zero-order valence-electron chi connectivity index (χ0n) is 12.0. The second-order valence-electron chi connectivity index (χ2n) is 5.34. The van der Waals surface area contributed by atoms with Gasteiger partial charge >= 0.3 is 0 Å². The zero-order valence-corrected chi connectivity index (χ0v) is 12.8. The summed E-state index contributed by atoms with van der Waals surface area (Å²) in [7, 11) is 1.73. The minimum Gasteiger partial charge on any atom is -0.395 e. The van der Waals surface area contributed by atoms with Gasteiger partial charge in [0.05, 0.1) is 11.5 Å². The summed E-state index contributed by atoms with van der Waals surface area (Å²) in [4.78, 5) is 20.3. The molecule has 21 heavy (non-hydrogen) atoms. The summed E-state index contributed by atoms with van der Waals surface area (Å²) < 4.78 is 0. The number of carbonyl (C=O) groups is 1. The first-order chi connectivity index (χ1) is 10.2. The molecule has 0 bridgehead atoms. The van der Waals surface area contributed by atoms with Crippen LogP contribution in [0.15, 0.2) is 18.3 Å². The highest BCUT2D eigenvalue weighted by Crippen LogP contribution is 2.38. The van der Waals surface area contributed by atoms with Crippen LogP contribution in [0.3, 0.4) is 0 Å². The van der Waals surface area contributed by atoms with Crippen LogP contribution >= 0.6 is 11.3 Å². The number of thiophene rings is 1. The number of carbonyl (C=O) groups excluding carboxylic acids is 1. The van der Waals surface area contributed by atoms with E-state index in [0.717, 1.165) is 40.2 Å². The highest BCUT2D eigenvalue weighted by molar-refractivity contribution is 7.20. The van der Waals surface area contributed by atoms with Gasteiger partial charge in [0.2, 0.25) is 0 Å². The Labute approximate surface area is 127 Å². The highest BCUT2D eigenvalue weighted by Gasteiger charge is 2.28. The number of fused-ring (bicyclic) bond motifs is 1. The molecular weight excluding hydrogens is 286 g/mol. The van der Waals surface area contributed by atoms with Gasteiger partial charge in [-0.3, -0.25) is 4.79 Å². The third-order valence-corrected chi connectivity index (χ3v) is 5.07. The quantitative estimate of drug-likeness (QED) is 0.897. The Morgan fingerprint density at radius 1 is 1.62 bits per heavy atom. The number of aliphatic hydroxyl groups is 1. The summed E-state index contributed by atoms with van der Waals surface area (Å²) in [5.74, 6) is 0.346. The predicted octanol–water partition coefficient (Wildman–Crippen LogP) is 1.44. The van der Waals surface area contributed by atoms with Crippen LogP contribution in [0.4, 0.5) is 0 Å². The van der Waals surface area contributed by atoms with Gasteiger partial charge in [0.25, 0.3) is 5.91 Å². The lowest BCUT2D eigenvalue weighted by atomic mass is 9.95. The van der Waals surface area contributed by atoms with Crippen molar-refractivity contribution in [1.82, 2.24) is 15.2 Å². The van der Waals surface area contributed by atoms with E-state index in [4.69, 9.17) is 5.11 Å². The van der Waals surface area contributed by atoms with E-state index in [1.54, 1.807) is 18.1 Å². The number of likely N-dealkylation sites (N-methyl/N-ethyl adjacent to an activating group) is 1. The molecule has 0 radical (unpaired) electrons. The largest absolute Gasteiger partial charge is 0.395 e. The number of aliphatic hydroxyl groups excluding tert-OH is 1. The average Bonchev–Trinajstić information content (AvgIpc) is 3.13. The van der Waals surface area contributed by atoms with Gasteiger partial charge in [-0.25, -0.2) is 4.98 Å². The van der Waals surface area contributed by atoms with Gasteiger partial charge < -0.3 is 15.3 Å². The smallest absolute Gasteiger partial charge is 0.264 e. The van der Waals surface area contributed by atoms with Crippen LogP contribution in [0.5, 0.6) is 0 Å². The summed E-state index contributed by atoms with van der Waals surface area (Å²) in [6.45, 7) is 2.22. The molecule has 1 amide bonds. The van der Waals surface area contributed by atoms with Crippen LogP contribution in [0, 0.1) is 0 Å². The van der Waals surface area contributed by atoms with Gasteiger partial charge in [-0.2, -0.15) is 0 Å². The van der Waals surface area contributed by atoms with E-state index >= 15 is 0 Å². The Kier molecular flexibility index (Phi) is 4.19. The molecule has 0 aromatic carbocycles. The lowest BCUT2D eigenvalue weighted by molar-refractivity contribution is 0.0770. The van der Waals surface area contributed by atoms with Crippen molar-refractivity contribution < 1.29 is 9.90 Å². The molecule has 0 saturated carbocycles. The maximum absolute atomic E-state index is 12.7. The first-order valence-electron chi connectivity index (χ1n) is 7.17. The maximum Gasteiger partial charge on any atom is 0.264 e. The Hall–Kier alpha value is -1.50. The number of hydrogen-bond donors (Lipinski definition) is 2. The lowest BCUT2D eigenvalue weighted by Crippen LogP contribution is -2.29. The Morgan fingerprint density at radius 3 is 3.19 bits per heavy atom. The number of rotatable bonds is 4. The van der Waals surface area contributed by atoms with Crippen molar-refractivity contribution in [3.63, 3.8) is 0 Å². The van der Waals surface area contributed by atoms with Crippen molar-refractivity contribution >= 4 is 27.5 Å². The molecule has 112 valence electrons. The Balaban J connectivity index is 2.08. The van der Waals surface area contributed by atoms with Gasteiger partial charge in [-0.1, -0.05) is 6.07 Å². The van der Waals surface area contributed by atoms with Gasteiger partial charge in [0.1, 0.15) is 4.83 Å². The fourth-order valence-corrected chi connectivity index (χ4v) is 4.07. The summed E-state index contributed by atoms with van der Waals surface area (Å²) in [5.41, 5.74) is 1.13. The number of pyridine rings is 1. The van der Waals surface area contributed by atoms with E-state index in [2.05, 4.69) is 16.4 Å². The normalized spacial score (nSPS) is 18.3. The molecule has 2 aromatic rings. The van der Waals surface area contributed by atoms with E-state index in [-0.39, 0.29) is 12.5 Å². The van der Waals surface area contributed by atoms with Crippen molar-refractivity contribution in [2.75, 3.05) is 33.3 Å². The van der Waals surface area contributed by atoms with Crippen molar-refractivity contribution in [2.45, 2.75) is 12.3 Å². The van der Waals surface area contributed by atoms with E-state index in [1.807, 2.05) is 6.07 Å². The van der Waals surface area contributed by atoms with Gasteiger partial charge in [-0.05, 0) is 30.5 Å². The predicted molar refractivity (Wildman–Crippen MR) is 83.9 cm³/mol. The van der Waals surface area contributed by atoms with E-state index in [1.165, 1.54) is 11.3 Å². The molecule has 1 atom stereocenters. The van der Waals surface area contributed by atoms with Crippen LogP contribution in [-0.4, -0.2) is 54.2 Å². The molecule has 0 spiro atoms. The fraction of sp³-hybridized carbons (Fsp3) is 0.467. The van der Waals surface area contributed by atoms with Crippen LogP contribution in [0.2, 0.25) is 0 Å². The van der Waals surface area contributed by atoms with Crippen LogP contribution in [-0.2, 0) is 0 Å². The van der Waals surface area contributed by atoms with Crippen LogP contribution < -0.4 is 5.32 Å². The third-order valence-electron chi connectivity index (χ3n) is 3.95. The number of amides is 1. The average molecular weight is 305 g/mol. The number of nitrogens with zero attached hydrogens (tertiary/aromatic N) is 2. The SMILES string of the molecule is CN(CCO)C(=O)c1sc2ncccc2c1[C@@H]1CCNC1. The first-order valence-corrected chi connectivity index (χ1v) is 7.98. The summed E-state index contributed by atoms with van der Waals surface area (Å²) >= 11 is 1.46. The molecule has 2 N–H and O–H groups in total. The summed E-state index contributed by atoms with van der Waals surface area (Å²) in [6, 6.07) is 3.97. The van der Waals surface area contributed by atoms with Crippen molar-refractivity contribution in [2.24, 2.45) is 0 Å². The third kappa shape index (κ3) is 2.66. The number of aromatic nitrogens is 1.